The Morgan fingerprint density at radius 2 is 1.09 bits per heavy atom. The van der Waals surface area contributed by atoms with Gasteiger partial charge in [-0.15, -0.1) is 0 Å². The molecule has 34 heavy (non-hydrogen) atoms. The van der Waals surface area contributed by atoms with E-state index in [1.54, 1.807) is 19.1 Å². The Morgan fingerprint density at radius 3 is 1.32 bits per heavy atom. The number of phenolic OH excluding ortho intramolecular Hbond substituents is 4. The second kappa shape index (κ2) is 8.91. The smallest absolute Gasteiger partial charge is 0.320 e. The summed E-state index contributed by atoms with van der Waals surface area (Å²) in [7, 11) is 0. The molecule has 7 heteroatoms. The van der Waals surface area contributed by atoms with Crippen LogP contribution in [0, 0.1) is 0 Å². The van der Waals surface area contributed by atoms with Gasteiger partial charge in [-0.05, 0) is 46.9 Å². The highest BCUT2D eigenvalue weighted by atomic mass is 32.1. The fourth-order valence-electron chi connectivity index (χ4n) is 4.86. The van der Waals surface area contributed by atoms with E-state index in [0.717, 1.165) is 0 Å². The van der Waals surface area contributed by atoms with E-state index in [1.165, 1.54) is 12.1 Å². The van der Waals surface area contributed by atoms with Crippen LogP contribution >= 0.6 is 12.6 Å². The summed E-state index contributed by atoms with van der Waals surface area (Å²) in [6, 6.07) is 6.17. The molecule has 5 N–H and O–H groups in total. The van der Waals surface area contributed by atoms with Crippen LogP contribution in [0.15, 0.2) is 24.3 Å². The standard InChI is InChI=1S/C27H38O6S/c1-9-26(27(34,10-2)23(32)33,15-11-17(24(3,4)5)21(30)19(28)13-15)16-12-18(25(6,7)8)22(31)20(29)14-16/h11-14,28-31,34H,9-10H2,1-8H3,(H,32,33). The van der Waals surface area contributed by atoms with Crippen molar-refractivity contribution in [1.82, 2.24) is 0 Å². The van der Waals surface area contributed by atoms with E-state index < -0.39 is 27.0 Å². The molecule has 0 bridgehead atoms. The Morgan fingerprint density at radius 1 is 0.735 bits per heavy atom. The van der Waals surface area contributed by atoms with Gasteiger partial charge < -0.3 is 25.5 Å². The molecule has 0 saturated heterocycles. The molecule has 0 aliphatic carbocycles. The highest BCUT2D eigenvalue weighted by Gasteiger charge is 2.55. The minimum atomic E-state index is -1.65. The van der Waals surface area contributed by atoms with Gasteiger partial charge in [0, 0.05) is 16.5 Å². The van der Waals surface area contributed by atoms with Gasteiger partial charge in [0.2, 0.25) is 0 Å². The van der Waals surface area contributed by atoms with Crippen molar-refractivity contribution in [1.29, 1.82) is 0 Å². The third-order valence-corrected chi connectivity index (χ3v) is 7.77. The molecule has 0 radical (unpaired) electrons. The molecule has 2 aromatic carbocycles. The minimum Gasteiger partial charge on any atom is -0.504 e. The first kappa shape index (κ1) is 27.7. The molecule has 0 spiro atoms. The monoisotopic (exact) mass is 490 g/mol. The first-order valence-corrected chi connectivity index (χ1v) is 11.9. The summed E-state index contributed by atoms with van der Waals surface area (Å²) in [6.45, 7) is 14.8. The molecule has 1 atom stereocenters. The first-order chi connectivity index (χ1) is 15.4. The number of thiol groups is 1. The number of phenols is 4. The summed E-state index contributed by atoms with van der Waals surface area (Å²) in [5.74, 6) is -2.41. The normalized spacial score (nSPS) is 14.6. The lowest BCUT2D eigenvalue weighted by atomic mass is 9.61. The molecule has 0 heterocycles. The molecule has 0 aliphatic heterocycles. The van der Waals surface area contributed by atoms with Gasteiger partial charge in [0.25, 0.3) is 0 Å². The highest BCUT2D eigenvalue weighted by Crippen LogP contribution is 2.54. The van der Waals surface area contributed by atoms with Crippen LogP contribution in [-0.2, 0) is 21.0 Å². The van der Waals surface area contributed by atoms with Crippen LogP contribution in [0.4, 0.5) is 0 Å². The van der Waals surface area contributed by atoms with Crippen molar-refractivity contribution in [2.24, 2.45) is 0 Å². The average Bonchev–Trinajstić information content (AvgIpc) is 2.71. The average molecular weight is 491 g/mol. The zero-order valence-corrected chi connectivity index (χ0v) is 22.2. The number of carboxylic acid groups (broad SMARTS) is 1. The van der Waals surface area contributed by atoms with Crippen LogP contribution in [0.2, 0.25) is 0 Å². The van der Waals surface area contributed by atoms with Crippen molar-refractivity contribution in [2.75, 3.05) is 0 Å². The Balaban J connectivity index is 3.18. The molecule has 6 nitrogen and oxygen atoms in total. The minimum absolute atomic E-state index is 0.123. The van der Waals surface area contributed by atoms with Gasteiger partial charge in [-0.1, -0.05) is 67.5 Å². The van der Waals surface area contributed by atoms with Crippen LogP contribution in [0.3, 0.4) is 0 Å². The number of aromatic hydroxyl groups is 4. The molecule has 0 amide bonds. The third kappa shape index (κ3) is 4.30. The summed E-state index contributed by atoms with van der Waals surface area (Å²) < 4.78 is -1.65. The van der Waals surface area contributed by atoms with Crippen LogP contribution in [0.1, 0.15) is 90.5 Å². The van der Waals surface area contributed by atoms with E-state index in [9.17, 15) is 30.3 Å². The van der Waals surface area contributed by atoms with E-state index in [1.807, 2.05) is 48.5 Å². The van der Waals surface area contributed by atoms with Gasteiger partial charge in [0.15, 0.2) is 23.0 Å². The summed E-state index contributed by atoms with van der Waals surface area (Å²) in [4.78, 5) is 12.8. The summed E-state index contributed by atoms with van der Waals surface area (Å²) >= 11 is 4.74. The number of rotatable bonds is 6. The lowest BCUT2D eigenvalue weighted by Crippen LogP contribution is -2.53. The Kier molecular flexibility index (Phi) is 7.26. The van der Waals surface area contributed by atoms with E-state index in [2.05, 4.69) is 0 Å². The fourth-order valence-corrected chi connectivity index (χ4v) is 5.27. The molecule has 2 aromatic rings. The van der Waals surface area contributed by atoms with Crippen molar-refractivity contribution in [2.45, 2.75) is 89.2 Å². The van der Waals surface area contributed by atoms with Gasteiger partial charge >= 0.3 is 5.97 Å². The predicted octanol–water partition coefficient (Wildman–Crippen LogP) is 5.96. The zero-order valence-electron chi connectivity index (χ0n) is 21.3. The van der Waals surface area contributed by atoms with Crippen LogP contribution in [-0.4, -0.2) is 36.2 Å². The number of aliphatic carboxylic acids is 1. The van der Waals surface area contributed by atoms with Crippen molar-refractivity contribution < 1.29 is 30.3 Å². The summed E-state index contributed by atoms with van der Waals surface area (Å²) in [6.07, 6.45) is 0.372. The molecule has 2 rings (SSSR count). The first-order valence-electron chi connectivity index (χ1n) is 11.5. The lowest BCUT2D eigenvalue weighted by Gasteiger charge is -2.46. The van der Waals surface area contributed by atoms with Gasteiger partial charge in [-0.2, -0.15) is 12.6 Å². The van der Waals surface area contributed by atoms with Crippen molar-refractivity contribution in [3.63, 3.8) is 0 Å². The molecule has 1 unspecified atom stereocenters. The predicted molar refractivity (Wildman–Crippen MR) is 138 cm³/mol. The maximum Gasteiger partial charge on any atom is 0.320 e. The third-order valence-electron chi connectivity index (χ3n) is 6.88. The molecular weight excluding hydrogens is 452 g/mol. The van der Waals surface area contributed by atoms with Crippen molar-refractivity contribution in [3.8, 4) is 23.0 Å². The number of hydrogen-bond acceptors (Lipinski definition) is 6. The van der Waals surface area contributed by atoms with Gasteiger partial charge in [-0.25, -0.2) is 0 Å². The van der Waals surface area contributed by atoms with Gasteiger partial charge in [0.1, 0.15) is 4.75 Å². The Hall–Kier alpha value is -2.54. The zero-order chi connectivity index (χ0) is 26.4. The SMILES string of the molecule is CCC(S)(C(=O)O)C(CC)(c1cc(O)c(O)c(C(C)(C)C)c1)c1cc(O)c(O)c(C(C)(C)C)c1. The van der Waals surface area contributed by atoms with E-state index in [-0.39, 0.29) is 35.8 Å². The molecule has 0 aromatic heterocycles. The maximum atomic E-state index is 12.8. The van der Waals surface area contributed by atoms with Crippen LogP contribution < -0.4 is 0 Å². The summed E-state index contributed by atoms with van der Waals surface area (Å²) in [5.41, 5.74) is -0.654. The van der Waals surface area contributed by atoms with Gasteiger partial charge in [0.05, 0.1) is 0 Å². The van der Waals surface area contributed by atoms with E-state index >= 15 is 0 Å². The molecule has 0 saturated carbocycles. The largest absolute Gasteiger partial charge is 0.504 e. The van der Waals surface area contributed by atoms with Gasteiger partial charge in [-0.3, -0.25) is 4.79 Å². The van der Waals surface area contributed by atoms with Crippen LogP contribution in [0.25, 0.3) is 0 Å². The summed E-state index contributed by atoms with van der Waals surface area (Å²) in [5, 5.41) is 53.0. The quantitative estimate of drug-likeness (QED) is 0.220. The van der Waals surface area contributed by atoms with E-state index in [0.29, 0.717) is 22.3 Å². The van der Waals surface area contributed by atoms with Crippen molar-refractivity contribution in [3.05, 3.63) is 46.5 Å². The molecule has 0 fully saturated rings. The maximum absolute atomic E-state index is 12.8. The van der Waals surface area contributed by atoms with E-state index in [4.69, 9.17) is 12.6 Å². The number of carboxylic acids is 1. The molecule has 0 aliphatic rings. The number of hydrogen-bond donors (Lipinski definition) is 6. The topological polar surface area (TPSA) is 118 Å². The lowest BCUT2D eigenvalue weighted by molar-refractivity contribution is -0.141. The fraction of sp³-hybridized carbons (Fsp3) is 0.519. The Bertz CT molecular complexity index is 1020. The molecular formula is C27H38O6S. The number of benzene rings is 2. The van der Waals surface area contributed by atoms with Crippen molar-refractivity contribution >= 4 is 18.6 Å². The van der Waals surface area contributed by atoms with Crippen LogP contribution in [0.5, 0.6) is 23.0 Å². The second-order valence-corrected chi connectivity index (χ2v) is 11.8. The number of carbonyl (C=O) groups is 1. The second-order valence-electron chi connectivity index (χ2n) is 11.1. The molecule has 188 valence electrons. The Labute approximate surface area is 207 Å². The highest BCUT2D eigenvalue weighted by molar-refractivity contribution is 7.82.